The van der Waals surface area contributed by atoms with Gasteiger partial charge in [-0.05, 0) is 42.8 Å². The zero-order valence-corrected chi connectivity index (χ0v) is 11.6. The summed E-state index contributed by atoms with van der Waals surface area (Å²) in [4.78, 5) is 0. The highest BCUT2D eigenvalue weighted by molar-refractivity contribution is 5.38. The summed E-state index contributed by atoms with van der Waals surface area (Å²) in [5.74, 6) is -0.328. The zero-order valence-electron chi connectivity index (χ0n) is 11.6. The Morgan fingerprint density at radius 1 is 1.00 bits per heavy atom. The summed E-state index contributed by atoms with van der Waals surface area (Å²) >= 11 is 0. The van der Waals surface area contributed by atoms with Crippen LogP contribution in [0.5, 0.6) is 0 Å². The number of hydrogen-bond donors (Lipinski definition) is 1. The van der Waals surface area contributed by atoms with Gasteiger partial charge in [0, 0.05) is 6.20 Å². The molecule has 106 valence electrons. The first-order valence-corrected chi connectivity index (χ1v) is 6.67. The van der Waals surface area contributed by atoms with Crippen molar-refractivity contribution in [3.05, 3.63) is 83.9 Å². The van der Waals surface area contributed by atoms with Crippen molar-refractivity contribution in [3.8, 4) is 5.69 Å². The van der Waals surface area contributed by atoms with Crippen LogP contribution in [0.3, 0.4) is 0 Å². The molecule has 4 heteroatoms. The lowest BCUT2D eigenvalue weighted by Crippen LogP contribution is -2.26. The van der Waals surface area contributed by atoms with E-state index in [1.54, 1.807) is 36.0 Å². The van der Waals surface area contributed by atoms with Gasteiger partial charge in [-0.1, -0.05) is 30.3 Å². The van der Waals surface area contributed by atoms with Crippen molar-refractivity contribution in [2.45, 2.75) is 12.5 Å². The number of aliphatic hydroxyl groups is 1. The van der Waals surface area contributed by atoms with E-state index in [9.17, 15) is 9.50 Å². The van der Waals surface area contributed by atoms with Crippen LogP contribution in [0.1, 0.15) is 18.2 Å². The van der Waals surface area contributed by atoms with Gasteiger partial charge in [-0.25, -0.2) is 9.07 Å². The van der Waals surface area contributed by atoms with Crippen LogP contribution in [0.2, 0.25) is 0 Å². The third kappa shape index (κ3) is 2.45. The summed E-state index contributed by atoms with van der Waals surface area (Å²) in [6.45, 7) is 1.68. The Bertz CT molecular complexity index is 733. The molecule has 0 aliphatic carbocycles. The number of aromatic nitrogens is 2. The molecule has 0 saturated heterocycles. The maximum atomic E-state index is 13.1. The fourth-order valence-corrected chi connectivity index (χ4v) is 2.37. The van der Waals surface area contributed by atoms with Gasteiger partial charge in [0.25, 0.3) is 0 Å². The average Bonchev–Trinajstić information content (AvgIpc) is 2.99. The van der Waals surface area contributed by atoms with Gasteiger partial charge in [0.15, 0.2) is 0 Å². The normalized spacial score (nSPS) is 13.9. The minimum atomic E-state index is -1.26. The molecule has 1 N–H and O–H groups in total. The van der Waals surface area contributed by atoms with Crippen LogP contribution in [-0.4, -0.2) is 14.9 Å². The minimum absolute atomic E-state index is 0.328. The van der Waals surface area contributed by atoms with Gasteiger partial charge in [-0.2, -0.15) is 5.10 Å². The van der Waals surface area contributed by atoms with E-state index in [1.165, 1.54) is 12.1 Å². The van der Waals surface area contributed by atoms with Crippen LogP contribution in [-0.2, 0) is 5.60 Å². The second-order valence-electron chi connectivity index (χ2n) is 5.04. The SMILES string of the molecule is CC(O)(c1ccc(F)cc1)c1ccnn1-c1ccccc1. The molecule has 21 heavy (non-hydrogen) atoms. The summed E-state index contributed by atoms with van der Waals surface area (Å²) in [5.41, 5.74) is 0.835. The highest BCUT2D eigenvalue weighted by Gasteiger charge is 2.29. The van der Waals surface area contributed by atoms with E-state index in [4.69, 9.17) is 0 Å². The highest BCUT2D eigenvalue weighted by Crippen LogP contribution is 2.30. The minimum Gasteiger partial charge on any atom is -0.379 e. The molecule has 0 bridgehead atoms. The van der Waals surface area contributed by atoms with Crippen molar-refractivity contribution in [2.24, 2.45) is 0 Å². The predicted octanol–water partition coefficient (Wildman–Crippen LogP) is 3.27. The first-order chi connectivity index (χ1) is 10.1. The molecular weight excluding hydrogens is 267 g/mol. The average molecular weight is 282 g/mol. The molecule has 0 spiro atoms. The summed E-state index contributed by atoms with van der Waals surface area (Å²) < 4.78 is 14.7. The number of benzene rings is 2. The Labute approximate surface area is 122 Å². The Balaban J connectivity index is 2.08. The quantitative estimate of drug-likeness (QED) is 0.800. The van der Waals surface area contributed by atoms with E-state index in [-0.39, 0.29) is 5.82 Å². The van der Waals surface area contributed by atoms with E-state index in [2.05, 4.69) is 5.10 Å². The van der Waals surface area contributed by atoms with E-state index in [0.717, 1.165) is 5.69 Å². The molecule has 1 heterocycles. The number of hydrogen-bond acceptors (Lipinski definition) is 2. The van der Waals surface area contributed by atoms with Crippen molar-refractivity contribution in [3.63, 3.8) is 0 Å². The van der Waals surface area contributed by atoms with Crippen LogP contribution in [0.15, 0.2) is 66.9 Å². The van der Waals surface area contributed by atoms with Gasteiger partial charge >= 0.3 is 0 Å². The van der Waals surface area contributed by atoms with Crippen molar-refractivity contribution >= 4 is 0 Å². The van der Waals surface area contributed by atoms with Crippen LogP contribution in [0, 0.1) is 5.82 Å². The molecule has 0 aliphatic heterocycles. The van der Waals surface area contributed by atoms with Gasteiger partial charge in [0.1, 0.15) is 11.4 Å². The third-order valence-electron chi connectivity index (χ3n) is 3.55. The van der Waals surface area contributed by atoms with Crippen molar-refractivity contribution in [2.75, 3.05) is 0 Å². The maximum Gasteiger partial charge on any atom is 0.129 e. The predicted molar refractivity (Wildman–Crippen MR) is 78.6 cm³/mol. The third-order valence-corrected chi connectivity index (χ3v) is 3.55. The highest BCUT2D eigenvalue weighted by atomic mass is 19.1. The summed E-state index contributed by atoms with van der Waals surface area (Å²) in [5, 5.41) is 15.2. The van der Waals surface area contributed by atoms with Crippen molar-refractivity contribution < 1.29 is 9.50 Å². The topological polar surface area (TPSA) is 38.1 Å². The molecule has 2 aromatic carbocycles. The van der Waals surface area contributed by atoms with E-state index in [1.807, 2.05) is 30.3 Å². The molecule has 0 radical (unpaired) electrons. The monoisotopic (exact) mass is 282 g/mol. The van der Waals surface area contributed by atoms with Crippen molar-refractivity contribution in [1.29, 1.82) is 0 Å². The largest absolute Gasteiger partial charge is 0.379 e. The van der Waals surface area contributed by atoms with Gasteiger partial charge in [-0.15, -0.1) is 0 Å². The summed E-state index contributed by atoms with van der Waals surface area (Å²) in [6.07, 6.45) is 1.64. The summed E-state index contributed by atoms with van der Waals surface area (Å²) in [6, 6.07) is 17.2. The first-order valence-electron chi connectivity index (χ1n) is 6.67. The zero-order chi connectivity index (χ0) is 14.9. The van der Waals surface area contributed by atoms with Gasteiger partial charge < -0.3 is 5.11 Å². The van der Waals surface area contributed by atoms with Gasteiger partial charge in [0.2, 0.25) is 0 Å². The van der Waals surface area contributed by atoms with E-state index in [0.29, 0.717) is 11.3 Å². The molecule has 3 aromatic rings. The van der Waals surface area contributed by atoms with E-state index >= 15 is 0 Å². The molecule has 0 aliphatic rings. The van der Waals surface area contributed by atoms with Gasteiger partial charge in [-0.3, -0.25) is 0 Å². The lowest BCUT2D eigenvalue weighted by atomic mass is 9.92. The Kier molecular flexibility index (Phi) is 3.31. The Morgan fingerprint density at radius 3 is 2.33 bits per heavy atom. The number of nitrogens with zero attached hydrogens (tertiary/aromatic N) is 2. The molecule has 1 unspecified atom stereocenters. The fraction of sp³-hybridized carbons (Fsp3) is 0.118. The standard InChI is InChI=1S/C17H15FN2O/c1-17(21,13-7-9-14(18)10-8-13)16-11-12-19-20(16)15-5-3-2-4-6-15/h2-12,21H,1H3. The second kappa shape index (κ2) is 5.14. The van der Waals surface area contributed by atoms with Crippen LogP contribution >= 0.6 is 0 Å². The molecule has 0 saturated carbocycles. The lowest BCUT2D eigenvalue weighted by Gasteiger charge is -2.25. The molecule has 1 aromatic heterocycles. The van der Waals surface area contributed by atoms with E-state index < -0.39 is 5.60 Å². The Hall–Kier alpha value is -2.46. The number of rotatable bonds is 3. The molecule has 0 amide bonds. The molecule has 0 fully saturated rings. The Morgan fingerprint density at radius 2 is 1.67 bits per heavy atom. The molecular formula is C17H15FN2O. The van der Waals surface area contributed by atoms with Gasteiger partial charge in [0.05, 0.1) is 11.4 Å². The maximum absolute atomic E-state index is 13.1. The molecule has 1 atom stereocenters. The molecule has 3 nitrogen and oxygen atoms in total. The lowest BCUT2D eigenvalue weighted by molar-refractivity contribution is 0.0945. The van der Waals surface area contributed by atoms with Crippen molar-refractivity contribution in [1.82, 2.24) is 9.78 Å². The smallest absolute Gasteiger partial charge is 0.129 e. The molecule has 3 rings (SSSR count). The number of halogens is 1. The van der Waals surface area contributed by atoms with Crippen LogP contribution < -0.4 is 0 Å². The van der Waals surface area contributed by atoms with Crippen LogP contribution in [0.4, 0.5) is 4.39 Å². The van der Waals surface area contributed by atoms with Crippen LogP contribution in [0.25, 0.3) is 5.69 Å². The number of para-hydroxylation sites is 1. The summed E-state index contributed by atoms with van der Waals surface area (Å²) in [7, 11) is 0. The second-order valence-corrected chi connectivity index (χ2v) is 5.04. The fourth-order valence-electron chi connectivity index (χ4n) is 2.37. The first kappa shape index (κ1) is 13.5.